The Kier molecular flexibility index (Phi) is 4.97. The summed E-state index contributed by atoms with van der Waals surface area (Å²) < 4.78 is 1.80. The quantitative estimate of drug-likeness (QED) is 0.697. The van der Waals surface area contributed by atoms with Crippen LogP contribution in [0.4, 0.5) is 0 Å². The van der Waals surface area contributed by atoms with Gasteiger partial charge in [0.15, 0.2) is 5.69 Å². The van der Waals surface area contributed by atoms with Gasteiger partial charge in [0.25, 0.3) is 11.5 Å². The fraction of sp³-hybridized carbons (Fsp3) is 0.545. The van der Waals surface area contributed by atoms with E-state index < -0.39 is 0 Å². The summed E-state index contributed by atoms with van der Waals surface area (Å²) in [7, 11) is 0. The number of aromatic amines is 1. The number of rotatable bonds is 3. The van der Waals surface area contributed by atoms with Crippen LogP contribution in [0, 0.1) is 6.92 Å². The first-order chi connectivity index (χ1) is 14.6. The second kappa shape index (κ2) is 7.65. The average Bonchev–Trinajstić information content (AvgIpc) is 3.34. The van der Waals surface area contributed by atoms with Crippen molar-refractivity contribution in [2.75, 3.05) is 13.1 Å². The molecule has 8 heteroatoms. The number of carbonyl (C=O) groups is 1. The van der Waals surface area contributed by atoms with E-state index in [4.69, 9.17) is 0 Å². The van der Waals surface area contributed by atoms with Crippen molar-refractivity contribution >= 4 is 27.5 Å². The van der Waals surface area contributed by atoms with Crippen LogP contribution in [-0.2, 0) is 19.3 Å². The molecule has 5 rings (SSSR count). The molecular weight excluding hydrogens is 398 g/mol. The largest absolute Gasteiger partial charge is 0.337 e. The van der Waals surface area contributed by atoms with Crippen molar-refractivity contribution in [3.8, 4) is 0 Å². The number of hydrogen-bond acceptors (Lipinski definition) is 5. The molecule has 0 aromatic carbocycles. The van der Waals surface area contributed by atoms with Crippen LogP contribution in [0.2, 0.25) is 0 Å². The number of H-pyrrole nitrogens is 1. The van der Waals surface area contributed by atoms with Crippen molar-refractivity contribution in [3.63, 3.8) is 0 Å². The number of aromatic nitrogens is 4. The van der Waals surface area contributed by atoms with Gasteiger partial charge in [-0.25, -0.2) is 4.98 Å². The van der Waals surface area contributed by atoms with Crippen LogP contribution in [0.1, 0.15) is 70.8 Å². The smallest absolute Gasteiger partial charge is 0.274 e. The molecule has 0 radical (unpaired) electrons. The van der Waals surface area contributed by atoms with Crippen molar-refractivity contribution in [3.05, 3.63) is 44.1 Å². The molecule has 0 unspecified atom stereocenters. The van der Waals surface area contributed by atoms with Crippen molar-refractivity contribution in [1.82, 2.24) is 24.6 Å². The highest BCUT2D eigenvalue weighted by molar-refractivity contribution is 7.18. The number of fused-ring (bicyclic) bond motifs is 2. The standard InChI is InChI=1S/C22H27N5O2S/c1-3-15-13(2)30-20-18(15)21(28)27(12-23-20)14-8-10-26(11-9-14)22(29)19-16-6-4-5-7-17(16)24-25-19/h12,14H,3-11H2,1-2H3,(H,24,25). The number of hydrogen-bond donors (Lipinski definition) is 1. The Balaban J connectivity index is 1.35. The van der Waals surface area contributed by atoms with Gasteiger partial charge < -0.3 is 4.90 Å². The maximum absolute atomic E-state index is 13.2. The molecule has 1 aliphatic carbocycles. The van der Waals surface area contributed by atoms with Gasteiger partial charge in [0.05, 0.1) is 11.7 Å². The van der Waals surface area contributed by atoms with Crippen LogP contribution in [0.15, 0.2) is 11.1 Å². The highest BCUT2D eigenvalue weighted by Crippen LogP contribution is 2.29. The first-order valence-electron chi connectivity index (χ1n) is 10.9. The van der Waals surface area contributed by atoms with Gasteiger partial charge in [-0.3, -0.25) is 19.3 Å². The van der Waals surface area contributed by atoms with Crippen molar-refractivity contribution in [2.45, 2.75) is 64.8 Å². The Bertz CT molecular complexity index is 1170. The van der Waals surface area contributed by atoms with E-state index in [1.165, 1.54) is 4.88 Å². The number of aryl methyl sites for hydroxylation is 3. The van der Waals surface area contributed by atoms with Crippen molar-refractivity contribution in [2.24, 2.45) is 0 Å². The fourth-order valence-corrected chi connectivity index (χ4v) is 6.08. The first kappa shape index (κ1) is 19.5. The summed E-state index contributed by atoms with van der Waals surface area (Å²) in [5.74, 6) is 0.0236. The minimum Gasteiger partial charge on any atom is -0.337 e. The molecule has 1 N–H and O–H groups in total. The zero-order valence-corrected chi connectivity index (χ0v) is 18.3. The van der Waals surface area contributed by atoms with Gasteiger partial charge in [-0.1, -0.05) is 6.92 Å². The number of nitrogens with zero attached hydrogens (tertiary/aromatic N) is 4. The molecule has 7 nitrogen and oxygen atoms in total. The van der Waals surface area contributed by atoms with Crippen LogP contribution < -0.4 is 5.56 Å². The van der Waals surface area contributed by atoms with Gasteiger partial charge in [-0.2, -0.15) is 5.10 Å². The Labute approximate surface area is 179 Å². The molecular formula is C22H27N5O2S. The molecule has 1 amide bonds. The topological polar surface area (TPSA) is 83.9 Å². The molecule has 2 aliphatic rings. The summed E-state index contributed by atoms with van der Waals surface area (Å²) in [6.45, 7) is 5.42. The SMILES string of the molecule is CCc1c(C)sc2ncn(C3CCN(C(=O)c4n[nH]c5c4CCCC5)CC3)c(=O)c12. The maximum atomic E-state index is 13.2. The molecule has 4 heterocycles. The average molecular weight is 426 g/mol. The van der Waals surface area contributed by atoms with E-state index in [0.29, 0.717) is 18.8 Å². The summed E-state index contributed by atoms with van der Waals surface area (Å²) in [5, 5.41) is 8.19. The minimum absolute atomic E-state index is 0.0236. The van der Waals surface area contributed by atoms with Crippen LogP contribution in [-0.4, -0.2) is 43.6 Å². The summed E-state index contributed by atoms with van der Waals surface area (Å²) in [4.78, 5) is 34.8. The Morgan fingerprint density at radius 2 is 2.03 bits per heavy atom. The summed E-state index contributed by atoms with van der Waals surface area (Å²) in [5.41, 5.74) is 4.03. The fourth-order valence-electron chi connectivity index (χ4n) is 5.01. The molecule has 1 aliphatic heterocycles. The number of likely N-dealkylation sites (tertiary alicyclic amines) is 1. The van der Waals surface area contributed by atoms with Crippen LogP contribution >= 0.6 is 11.3 Å². The number of amides is 1. The highest BCUT2D eigenvalue weighted by atomic mass is 32.1. The van der Waals surface area contributed by atoms with E-state index in [1.807, 2.05) is 4.90 Å². The first-order valence-corrected chi connectivity index (χ1v) is 11.7. The van der Waals surface area contributed by atoms with Crippen molar-refractivity contribution < 1.29 is 4.79 Å². The molecule has 1 fully saturated rings. The molecule has 3 aromatic heterocycles. The van der Waals surface area contributed by atoms with E-state index in [2.05, 4.69) is 29.0 Å². The summed E-state index contributed by atoms with van der Waals surface area (Å²) in [6.07, 6.45) is 8.26. The molecule has 0 saturated carbocycles. The number of piperidine rings is 1. The predicted molar refractivity (Wildman–Crippen MR) is 117 cm³/mol. The molecule has 3 aromatic rings. The van der Waals surface area contributed by atoms with Crippen LogP contribution in [0.3, 0.4) is 0 Å². The Hall–Kier alpha value is -2.48. The lowest BCUT2D eigenvalue weighted by Gasteiger charge is -2.32. The van der Waals surface area contributed by atoms with Crippen LogP contribution in [0.5, 0.6) is 0 Å². The zero-order chi connectivity index (χ0) is 20.8. The maximum Gasteiger partial charge on any atom is 0.274 e. The third-order valence-corrected chi connectivity index (χ3v) is 7.75. The normalized spacial score (nSPS) is 17.5. The van der Waals surface area contributed by atoms with Gasteiger partial charge in [0, 0.05) is 35.3 Å². The Morgan fingerprint density at radius 1 is 1.27 bits per heavy atom. The highest BCUT2D eigenvalue weighted by Gasteiger charge is 2.30. The van der Waals surface area contributed by atoms with Crippen molar-refractivity contribution in [1.29, 1.82) is 0 Å². The lowest BCUT2D eigenvalue weighted by molar-refractivity contribution is 0.0686. The zero-order valence-electron chi connectivity index (χ0n) is 17.5. The lowest BCUT2D eigenvalue weighted by atomic mass is 9.95. The molecule has 0 spiro atoms. The molecule has 158 valence electrons. The van der Waals surface area contributed by atoms with E-state index >= 15 is 0 Å². The van der Waals surface area contributed by atoms with E-state index in [9.17, 15) is 9.59 Å². The molecule has 0 bridgehead atoms. The Morgan fingerprint density at radius 3 is 2.80 bits per heavy atom. The van der Waals surface area contributed by atoms with Gasteiger partial charge in [0.1, 0.15) is 4.83 Å². The summed E-state index contributed by atoms with van der Waals surface area (Å²) in [6, 6.07) is 0.0801. The third-order valence-electron chi connectivity index (χ3n) is 6.70. The second-order valence-electron chi connectivity index (χ2n) is 8.39. The summed E-state index contributed by atoms with van der Waals surface area (Å²) >= 11 is 1.60. The lowest BCUT2D eigenvalue weighted by Crippen LogP contribution is -2.41. The van der Waals surface area contributed by atoms with Gasteiger partial charge >= 0.3 is 0 Å². The van der Waals surface area contributed by atoms with Gasteiger partial charge in [-0.15, -0.1) is 11.3 Å². The van der Waals surface area contributed by atoms with Crippen LogP contribution in [0.25, 0.3) is 10.2 Å². The number of nitrogens with one attached hydrogen (secondary N) is 1. The van der Waals surface area contributed by atoms with E-state index in [-0.39, 0.29) is 17.5 Å². The minimum atomic E-state index is 0.0236. The van der Waals surface area contributed by atoms with Gasteiger partial charge in [-0.05, 0) is 57.4 Å². The molecule has 1 saturated heterocycles. The third kappa shape index (κ3) is 3.09. The molecule has 30 heavy (non-hydrogen) atoms. The molecule has 0 atom stereocenters. The number of thiophene rings is 1. The second-order valence-corrected chi connectivity index (χ2v) is 9.59. The van der Waals surface area contributed by atoms with E-state index in [1.54, 1.807) is 22.2 Å². The number of carbonyl (C=O) groups excluding carboxylic acids is 1. The predicted octanol–water partition coefficient (Wildman–Crippen LogP) is 3.41. The van der Waals surface area contributed by atoms with E-state index in [0.717, 1.165) is 72.0 Å². The monoisotopic (exact) mass is 425 g/mol. The van der Waals surface area contributed by atoms with Gasteiger partial charge in [0.2, 0.25) is 0 Å².